The number of pyridine rings is 2. The Morgan fingerprint density at radius 3 is 2.60 bits per heavy atom. The highest BCUT2D eigenvalue weighted by atomic mass is 16.5. The maximum atomic E-state index is 6.48. The molecular formula is C30H39N9O. The summed E-state index contributed by atoms with van der Waals surface area (Å²) in [7, 11) is 9.74. The molecule has 10 heteroatoms. The maximum Gasteiger partial charge on any atom is 0.144 e. The van der Waals surface area contributed by atoms with Crippen LogP contribution >= 0.6 is 0 Å². The third kappa shape index (κ3) is 5.40. The molecule has 10 nitrogen and oxygen atoms in total. The number of fused-ring (bicyclic) bond motifs is 1. The van der Waals surface area contributed by atoms with Crippen molar-refractivity contribution < 1.29 is 4.74 Å². The highest BCUT2D eigenvalue weighted by Gasteiger charge is 2.37. The molecule has 5 rings (SSSR count). The lowest BCUT2D eigenvalue weighted by molar-refractivity contribution is 0.413. The van der Waals surface area contributed by atoms with Gasteiger partial charge in [0.05, 0.1) is 47.4 Å². The molecule has 0 bridgehead atoms. The normalized spacial score (nSPS) is 13.9. The zero-order valence-corrected chi connectivity index (χ0v) is 24.4. The van der Waals surface area contributed by atoms with Gasteiger partial charge in [-0.3, -0.25) is 4.68 Å². The van der Waals surface area contributed by atoms with Gasteiger partial charge in [0.15, 0.2) is 0 Å². The predicted octanol–water partition coefficient (Wildman–Crippen LogP) is 4.64. The molecule has 0 spiro atoms. The van der Waals surface area contributed by atoms with Crippen molar-refractivity contribution in [1.29, 1.82) is 0 Å². The second-order valence-corrected chi connectivity index (χ2v) is 11.3. The topological polar surface area (TPSA) is 101 Å². The molecule has 0 atom stereocenters. The summed E-state index contributed by atoms with van der Waals surface area (Å²) < 4.78 is 7.53. The third-order valence-electron chi connectivity index (χ3n) is 7.32. The largest absolute Gasteiger partial charge is 0.494 e. The number of methoxy groups -OCH3 is 1. The monoisotopic (exact) mass is 541 g/mol. The molecule has 0 saturated heterocycles. The summed E-state index contributed by atoms with van der Waals surface area (Å²) in [4.78, 5) is 16.2. The van der Waals surface area contributed by atoms with Crippen LogP contribution in [0, 0.1) is 0 Å². The molecule has 0 unspecified atom stereocenters. The van der Waals surface area contributed by atoms with Gasteiger partial charge in [-0.25, -0.2) is 9.97 Å². The number of nitrogens with two attached hydrogens (primary N) is 1. The Balaban J connectivity index is 1.41. The number of likely N-dealkylation sites (N-methyl/N-ethyl adjacent to an activating group) is 2. The first-order valence-electron chi connectivity index (χ1n) is 13.4. The number of nitrogens with zero attached hydrogens (tertiary/aromatic N) is 7. The molecule has 0 fully saturated rings. The number of aryl methyl sites for hydroxylation is 1. The van der Waals surface area contributed by atoms with E-state index in [0.717, 1.165) is 59.3 Å². The van der Waals surface area contributed by atoms with Crippen LogP contribution in [0.25, 0.3) is 11.3 Å². The van der Waals surface area contributed by atoms with Crippen LogP contribution in [0.2, 0.25) is 0 Å². The van der Waals surface area contributed by atoms with Crippen molar-refractivity contribution in [3.63, 3.8) is 0 Å². The van der Waals surface area contributed by atoms with Crippen molar-refractivity contribution in [2.45, 2.75) is 19.3 Å². The second kappa shape index (κ2) is 10.7. The van der Waals surface area contributed by atoms with E-state index in [4.69, 9.17) is 15.5 Å². The summed E-state index contributed by atoms with van der Waals surface area (Å²) >= 11 is 0. The van der Waals surface area contributed by atoms with Gasteiger partial charge in [0.1, 0.15) is 11.6 Å². The fourth-order valence-corrected chi connectivity index (χ4v) is 5.11. The minimum Gasteiger partial charge on any atom is -0.494 e. The van der Waals surface area contributed by atoms with Crippen molar-refractivity contribution >= 4 is 34.3 Å². The van der Waals surface area contributed by atoms with E-state index in [-0.39, 0.29) is 5.41 Å². The lowest BCUT2D eigenvalue weighted by Gasteiger charge is -2.25. The summed E-state index contributed by atoms with van der Waals surface area (Å²) in [6.45, 7) is 7.04. The highest BCUT2D eigenvalue weighted by Crippen LogP contribution is 2.44. The fourth-order valence-electron chi connectivity index (χ4n) is 5.11. The van der Waals surface area contributed by atoms with Crippen LogP contribution in [-0.4, -0.2) is 72.5 Å². The molecule has 0 aliphatic carbocycles. The Bertz CT molecular complexity index is 1510. The van der Waals surface area contributed by atoms with E-state index in [0.29, 0.717) is 17.3 Å². The minimum atomic E-state index is -0.128. The number of ether oxygens (including phenoxy) is 1. The van der Waals surface area contributed by atoms with Crippen LogP contribution in [0.1, 0.15) is 19.5 Å². The van der Waals surface area contributed by atoms with Gasteiger partial charge < -0.3 is 30.5 Å². The summed E-state index contributed by atoms with van der Waals surface area (Å²) in [5.74, 6) is 1.41. The van der Waals surface area contributed by atoms with Gasteiger partial charge in [-0.05, 0) is 38.4 Å². The molecule has 4 heterocycles. The molecular weight excluding hydrogens is 502 g/mol. The minimum absolute atomic E-state index is 0.128. The Morgan fingerprint density at radius 1 is 1.10 bits per heavy atom. The smallest absolute Gasteiger partial charge is 0.144 e. The van der Waals surface area contributed by atoms with Crippen molar-refractivity contribution in [2.75, 3.05) is 68.7 Å². The van der Waals surface area contributed by atoms with Crippen LogP contribution in [-0.2, 0) is 12.5 Å². The highest BCUT2D eigenvalue weighted by molar-refractivity contribution is 5.81. The van der Waals surface area contributed by atoms with Crippen LogP contribution in [0.15, 0.2) is 55.0 Å². The van der Waals surface area contributed by atoms with E-state index >= 15 is 0 Å². The Hall–Kier alpha value is -4.31. The van der Waals surface area contributed by atoms with E-state index in [1.165, 1.54) is 0 Å². The molecule has 40 heavy (non-hydrogen) atoms. The third-order valence-corrected chi connectivity index (χ3v) is 7.32. The van der Waals surface area contributed by atoms with Gasteiger partial charge in [0.2, 0.25) is 0 Å². The maximum absolute atomic E-state index is 6.48. The van der Waals surface area contributed by atoms with Gasteiger partial charge in [-0.15, -0.1) is 0 Å². The van der Waals surface area contributed by atoms with Crippen molar-refractivity contribution in [1.82, 2.24) is 24.6 Å². The summed E-state index contributed by atoms with van der Waals surface area (Å²) in [5, 5.41) is 7.73. The number of nitrogens with one attached hydrogen (secondary N) is 1. The number of benzene rings is 1. The van der Waals surface area contributed by atoms with Crippen LogP contribution in [0.4, 0.5) is 34.3 Å². The molecule has 0 amide bonds. The number of nitrogen functional groups attached to an aromatic ring is 1. The Morgan fingerprint density at radius 2 is 1.90 bits per heavy atom. The summed E-state index contributed by atoms with van der Waals surface area (Å²) in [5.41, 5.74) is 13.9. The number of anilines is 6. The molecule has 3 N–H and O–H groups in total. The van der Waals surface area contributed by atoms with E-state index in [9.17, 15) is 0 Å². The van der Waals surface area contributed by atoms with Gasteiger partial charge in [-0.2, -0.15) is 5.10 Å². The van der Waals surface area contributed by atoms with E-state index in [2.05, 4.69) is 70.2 Å². The number of rotatable bonds is 9. The zero-order valence-electron chi connectivity index (χ0n) is 24.4. The molecule has 3 aromatic heterocycles. The number of hydrogen-bond acceptors (Lipinski definition) is 9. The zero-order chi connectivity index (χ0) is 28.6. The number of aromatic nitrogens is 4. The van der Waals surface area contributed by atoms with Crippen LogP contribution < -0.4 is 25.6 Å². The second-order valence-electron chi connectivity index (χ2n) is 11.3. The summed E-state index contributed by atoms with van der Waals surface area (Å²) in [6, 6.07) is 12.2. The van der Waals surface area contributed by atoms with E-state index in [1.54, 1.807) is 11.8 Å². The molecule has 210 valence electrons. The SMILES string of the molecule is COc1cc(N(C)CCN(C)C)c(N)cc1Nc1cc(N2CC(C)(C)c3nc(-c4cnn(C)c4)ccc32)ccn1. The number of hydrogen-bond donors (Lipinski definition) is 2. The molecule has 1 aliphatic heterocycles. The van der Waals surface area contributed by atoms with Gasteiger partial charge in [0.25, 0.3) is 0 Å². The van der Waals surface area contributed by atoms with Gasteiger partial charge in [-0.1, -0.05) is 13.8 Å². The molecule has 0 saturated carbocycles. The first kappa shape index (κ1) is 27.3. The predicted molar refractivity (Wildman–Crippen MR) is 163 cm³/mol. The van der Waals surface area contributed by atoms with Crippen molar-refractivity contribution in [3.8, 4) is 17.0 Å². The van der Waals surface area contributed by atoms with Gasteiger partial charge >= 0.3 is 0 Å². The lowest BCUT2D eigenvalue weighted by atomic mass is 9.91. The average Bonchev–Trinajstić information content (AvgIpc) is 3.47. The Kier molecular flexibility index (Phi) is 7.29. The lowest BCUT2D eigenvalue weighted by Crippen LogP contribution is -2.29. The van der Waals surface area contributed by atoms with Crippen LogP contribution in [0.3, 0.4) is 0 Å². The van der Waals surface area contributed by atoms with Crippen LogP contribution in [0.5, 0.6) is 5.75 Å². The first-order valence-corrected chi connectivity index (χ1v) is 13.4. The fraction of sp³-hybridized carbons (Fsp3) is 0.367. The average molecular weight is 542 g/mol. The van der Waals surface area contributed by atoms with E-state index < -0.39 is 0 Å². The molecule has 1 aliphatic rings. The quantitative estimate of drug-likeness (QED) is 0.294. The van der Waals surface area contributed by atoms with Gasteiger partial charge in [0, 0.05) is 74.9 Å². The molecule has 1 aromatic carbocycles. The molecule has 4 aromatic rings. The van der Waals surface area contributed by atoms with E-state index in [1.807, 2.05) is 57.0 Å². The van der Waals surface area contributed by atoms with Crippen molar-refractivity contribution in [2.24, 2.45) is 7.05 Å². The standard InChI is InChI=1S/C30H39N9O/c1-30(2)19-39(25-9-8-23(35-29(25)30)20-17-33-38(6)18-20)21-10-11-32-28(14-21)34-24-15-22(31)26(16-27(24)40-7)37(5)13-12-36(3)4/h8-11,14-18H,12-13,19,31H2,1-7H3,(H,32,34). The first-order chi connectivity index (χ1) is 19.1. The molecule has 0 radical (unpaired) electrons. The Labute approximate surface area is 236 Å². The summed E-state index contributed by atoms with van der Waals surface area (Å²) in [6.07, 6.45) is 5.66. The van der Waals surface area contributed by atoms with Crippen molar-refractivity contribution in [3.05, 3.63) is 60.7 Å².